The molecule has 6 nitrogen and oxygen atoms in total. The van der Waals surface area contributed by atoms with Gasteiger partial charge in [-0.3, -0.25) is 9.69 Å². The minimum atomic E-state index is -4.76. The van der Waals surface area contributed by atoms with Crippen LogP contribution in [0.25, 0.3) is 0 Å². The molecule has 9 heteroatoms. The van der Waals surface area contributed by atoms with E-state index in [0.717, 1.165) is 29.2 Å². The average Bonchev–Trinajstić information content (AvgIpc) is 2.73. The van der Waals surface area contributed by atoms with Gasteiger partial charge in [-0.05, 0) is 42.5 Å². The van der Waals surface area contributed by atoms with Gasteiger partial charge in [0.15, 0.2) is 0 Å². The van der Waals surface area contributed by atoms with Gasteiger partial charge in [-0.25, -0.2) is 0 Å². The molecule has 1 aliphatic rings. The van der Waals surface area contributed by atoms with Crippen molar-refractivity contribution >= 4 is 5.91 Å². The summed E-state index contributed by atoms with van der Waals surface area (Å²) in [6.07, 6.45) is -4.76. The number of amides is 1. The molecule has 162 valence electrons. The minimum absolute atomic E-state index is 0.216. The van der Waals surface area contributed by atoms with Crippen molar-refractivity contribution in [2.75, 3.05) is 40.4 Å². The van der Waals surface area contributed by atoms with E-state index in [1.54, 1.807) is 19.1 Å². The molecule has 0 unspecified atom stereocenters. The fourth-order valence-electron chi connectivity index (χ4n) is 3.34. The summed E-state index contributed by atoms with van der Waals surface area (Å²) in [5.74, 6) is 0.955. The molecule has 30 heavy (non-hydrogen) atoms. The van der Waals surface area contributed by atoms with E-state index < -0.39 is 6.36 Å². The van der Waals surface area contributed by atoms with E-state index >= 15 is 0 Å². The minimum Gasteiger partial charge on any atom is -0.497 e. The first-order valence-electron chi connectivity index (χ1n) is 9.37. The van der Waals surface area contributed by atoms with E-state index in [4.69, 9.17) is 9.47 Å². The summed E-state index contributed by atoms with van der Waals surface area (Å²) in [6.45, 7) is 3.03. The van der Waals surface area contributed by atoms with Crippen LogP contribution in [0.1, 0.15) is 15.9 Å². The summed E-state index contributed by atoms with van der Waals surface area (Å²) in [6, 6.07) is 10.6. The van der Waals surface area contributed by atoms with Crippen molar-refractivity contribution in [3.05, 3.63) is 53.6 Å². The molecule has 0 aromatic heterocycles. The molecule has 1 saturated heterocycles. The van der Waals surface area contributed by atoms with Crippen LogP contribution < -0.4 is 14.2 Å². The molecule has 1 fully saturated rings. The molecule has 3 rings (SSSR count). The monoisotopic (exact) mass is 424 g/mol. The lowest BCUT2D eigenvalue weighted by atomic mass is 10.1. The predicted octanol–water partition coefficient (Wildman–Crippen LogP) is 3.56. The van der Waals surface area contributed by atoms with Gasteiger partial charge in [0.1, 0.15) is 17.2 Å². The van der Waals surface area contributed by atoms with Crippen LogP contribution in [-0.4, -0.2) is 62.5 Å². The second-order valence-electron chi connectivity index (χ2n) is 6.82. The average molecular weight is 424 g/mol. The Balaban J connectivity index is 1.57. The molecule has 2 aromatic rings. The number of benzene rings is 2. The van der Waals surface area contributed by atoms with Crippen molar-refractivity contribution in [2.24, 2.45) is 0 Å². The summed E-state index contributed by atoms with van der Waals surface area (Å²) in [5.41, 5.74) is 1.32. The van der Waals surface area contributed by atoms with Crippen LogP contribution in [0.3, 0.4) is 0 Å². The highest BCUT2D eigenvalue weighted by molar-refractivity contribution is 5.94. The molecule has 0 bridgehead atoms. The Kier molecular flexibility index (Phi) is 6.71. The third kappa shape index (κ3) is 5.56. The van der Waals surface area contributed by atoms with Gasteiger partial charge in [0.2, 0.25) is 0 Å². The summed E-state index contributed by atoms with van der Waals surface area (Å²) < 4.78 is 51.3. The van der Waals surface area contributed by atoms with Crippen LogP contribution in [0.2, 0.25) is 0 Å². The molecule has 1 aliphatic heterocycles. The summed E-state index contributed by atoms with van der Waals surface area (Å²) in [7, 11) is 3.23. The van der Waals surface area contributed by atoms with Crippen LogP contribution in [0.4, 0.5) is 13.2 Å². The van der Waals surface area contributed by atoms with Crippen LogP contribution in [0.15, 0.2) is 42.5 Å². The third-order valence-electron chi connectivity index (χ3n) is 4.88. The quantitative estimate of drug-likeness (QED) is 0.710. The van der Waals surface area contributed by atoms with Crippen molar-refractivity contribution in [1.29, 1.82) is 0 Å². The molecular formula is C21H23F3N2O4. The molecule has 0 radical (unpaired) electrons. The van der Waals surface area contributed by atoms with E-state index in [9.17, 15) is 18.0 Å². The van der Waals surface area contributed by atoms with Crippen molar-refractivity contribution in [2.45, 2.75) is 12.9 Å². The van der Waals surface area contributed by atoms with Gasteiger partial charge in [0, 0.05) is 43.9 Å². The first-order chi connectivity index (χ1) is 14.3. The number of halogens is 3. The van der Waals surface area contributed by atoms with Crippen molar-refractivity contribution in [1.82, 2.24) is 9.80 Å². The summed E-state index contributed by atoms with van der Waals surface area (Å²) >= 11 is 0. The molecule has 0 spiro atoms. The highest BCUT2D eigenvalue weighted by Crippen LogP contribution is 2.26. The first kappa shape index (κ1) is 21.8. The van der Waals surface area contributed by atoms with Gasteiger partial charge in [0.25, 0.3) is 5.91 Å². The normalized spacial score (nSPS) is 15.0. The number of ether oxygens (including phenoxy) is 3. The van der Waals surface area contributed by atoms with E-state index in [2.05, 4.69) is 9.64 Å². The zero-order chi connectivity index (χ0) is 21.7. The number of methoxy groups -OCH3 is 2. The maximum absolute atomic E-state index is 12.7. The smallest absolute Gasteiger partial charge is 0.497 e. The fraction of sp³-hybridized carbons (Fsp3) is 0.381. The summed E-state index contributed by atoms with van der Waals surface area (Å²) in [5, 5.41) is 0. The molecule has 0 atom stereocenters. The van der Waals surface area contributed by atoms with E-state index in [0.29, 0.717) is 38.3 Å². The SMILES string of the molecule is COc1ccc(OC)c(CN2CCN(C(=O)c3ccc(OC(F)(F)F)cc3)CC2)c1. The highest BCUT2D eigenvalue weighted by atomic mass is 19.4. The zero-order valence-corrected chi connectivity index (χ0v) is 16.7. The Morgan fingerprint density at radius 2 is 1.57 bits per heavy atom. The van der Waals surface area contributed by atoms with Gasteiger partial charge < -0.3 is 19.1 Å². The molecule has 1 heterocycles. The molecule has 1 amide bonds. The number of hydrogen-bond acceptors (Lipinski definition) is 5. The van der Waals surface area contributed by atoms with Crippen LogP contribution >= 0.6 is 0 Å². The maximum Gasteiger partial charge on any atom is 0.573 e. The zero-order valence-electron chi connectivity index (χ0n) is 16.7. The van der Waals surface area contributed by atoms with Gasteiger partial charge in [-0.15, -0.1) is 13.2 Å². The lowest BCUT2D eigenvalue weighted by molar-refractivity contribution is -0.274. The second kappa shape index (κ2) is 9.25. The van der Waals surface area contributed by atoms with Crippen LogP contribution in [0.5, 0.6) is 17.2 Å². The van der Waals surface area contributed by atoms with E-state index in [1.165, 1.54) is 12.1 Å². The first-order valence-corrected chi connectivity index (χ1v) is 9.37. The Bertz CT molecular complexity index is 864. The lowest BCUT2D eigenvalue weighted by Gasteiger charge is -2.35. The topological polar surface area (TPSA) is 51.2 Å². The van der Waals surface area contributed by atoms with Crippen LogP contribution in [-0.2, 0) is 6.54 Å². The predicted molar refractivity (Wildman–Crippen MR) is 104 cm³/mol. The maximum atomic E-state index is 12.7. The number of carbonyl (C=O) groups excluding carboxylic acids is 1. The number of nitrogens with zero attached hydrogens (tertiary/aromatic N) is 2. The second-order valence-corrected chi connectivity index (χ2v) is 6.82. The van der Waals surface area contributed by atoms with E-state index in [1.807, 2.05) is 18.2 Å². The Hall–Kier alpha value is -2.94. The lowest BCUT2D eigenvalue weighted by Crippen LogP contribution is -2.48. The highest BCUT2D eigenvalue weighted by Gasteiger charge is 2.31. The van der Waals surface area contributed by atoms with Gasteiger partial charge in [0.05, 0.1) is 14.2 Å². The Labute approximate surface area is 172 Å². The van der Waals surface area contributed by atoms with Crippen LogP contribution in [0, 0.1) is 0 Å². The molecule has 0 N–H and O–H groups in total. The number of piperazine rings is 1. The standard InChI is InChI=1S/C21H23F3N2O4/c1-28-18-7-8-19(29-2)16(13-18)14-25-9-11-26(12-10-25)20(27)15-3-5-17(6-4-15)30-21(22,23)24/h3-8,13H,9-12,14H2,1-2H3. The third-order valence-corrected chi connectivity index (χ3v) is 4.88. The van der Waals surface area contributed by atoms with E-state index in [-0.39, 0.29) is 11.7 Å². The molecular weight excluding hydrogens is 401 g/mol. The van der Waals surface area contributed by atoms with Gasteiger partial charge >= 0.3 is 6.36 Å². The molecule has 2 aromatic carbocycles. The van der Waals surface area contributed by atoms with Crippen molar-refractivity contribution in [3.8, 4) is 17.2 Å². The Morgan fingerprint density at radius 3 is 2.13 bits per heavy atom. The van der Waals surface area contributed by atoms with Crippen molar-refractivity contribution in [3.63, 3.8) is 0 Å². The van der Waals surface area contributed by atoms with Gasteiger partial charge in [-0.1, -0.05) is 0 Å². The number of alkyl halides is 3. The number of hydrogen-bond donors (Lipinski definition) is 0. The number of carbonyl (C=O) groups is 1. The summed E-state index contributed by atoms with van der Waals surface area (Å²) in [4.78, 5) is 16.6. The largest absolute Gasteiger partial charge is 0.573 e. The van der Waals surface area contributed by atoms with Gasteiger partial charge in [-0.2, -0.15) is 0 Å². The van der Waals surface area contributed by atoms with Crippen molar-refractivity contribution < 1.29 is 32.2 Å². The molecule has 0 saturated carbocycles. The Morgan fingerprint density at radius 1 is 0.933 bits per heavy atom. The fourth-order valence-corrected chi connectivity index (χ4v) is 3.34. The number of rotatable bonds is 6. The molecule has 0 aliphatic carbocycles.